The van der Waals surface area contributed by atoms with Crippen molar-refractivity contribution in [3.63, 3.8) is 0 Å². The van der Waals surface area contributed by atoms with Crippen LogP contribution in [0.25, 0.3) is 0 Å². The van der Waals surface area contributed by atoms with Gasteiger partial charge in [-0.15, -0.1) is 0 Å². The minimum absolute atomic E-state index is 0.0432. The van der Waals surface area contributed by atoms with E-state index >= 15 is 0 Å². The highest BCUT2D eigenvalue weighted by Gasteiger charge is 2.19. The Labute approximate surface area is 88.8 Å². The average molecular weight is 208 g/mol. The van der Waals surface area contributed by atoms with E-state index in [0.29, 0.717) is 11.5 Å². The molecule has 2 rings (SSSR count). The lowest BCUT2D eigenvalue weighted by Gasteiger charge is -2.10. The minimum atomic E-state index is -0.0432. The van der Waals surface area contributed by atoms with Gasteiger partial charge in [0.15, 0.2) is 0 Å². The lowest BCUT2D eigenvalue weighted by molar-refractivity contribution is 0.0947. The van der Waals surface area contributed by atoms with Gasteiger partial charge in [0.25, 0.3) is 5.91 Å². The zero-order chi connectivity index (χ0) is 10.7. The Hall–Kier alpha value is -1.36. The first-order chi connectivity index (χ1) is 7.25. The van der Waals surface area contributed by atoms with E-state index in [0.717, 1.165) is 19.6 Å². The smallest absolute Gasteiger partial charge is 0.254 e. The number of nitrogens with zero attached hydrogens (tertiary/aromatic N) is 2. The summed E-state index contributed by atoms with van der Waals surface area (Å²) in [4.78, 5) is 13.8. The number of nitrogens with one attached hydrogen (secondary N) is 2. The minimum Gasteiger partial charge on any atom is -0.352 e. The second-order valence-corrected chi connectivity index (χ2v) is 4.11. The standard InChI is InChI=1S/C10H16N4O/c1-14-3-2-8(7-14)4-11-10(15)9-5-12-13-6-9/h5-6,8H,2-4,7H2,1H3,(H,11,15)(H,12,13). The molecule has 0 spiro atoms. The number of carbonyl (C=O) groups is 1. The van der Waals surface area contributed by atoms with E-state index < -0.39 is 0 Å². The number of aromatic amines is 1. The molecular formula is C10H16N4O. The number of H-pyrrole nitrogens is 1. The molecule has 2 N–H and O–H groups in total. The molecule has 1 atom stereocenters. The molecule has 1 aromatic heterocycles. The van der Waals surface area contributed by atoms with Gasteiger partial charge in [0.05, 0.1) is 11.8 Å². The maximum atomic E-state index is 11.6. The van der Waals surface area contributed by atoms with Crippen molar-refractivity contribution in [1.29, 1.82) is 0 Å². The lowest BCUT2D eigenvalue weighted by Crippen LogP contribution is -2.30. The van der Waals surface area contributed by atoms with Crippen LogP contribution < -0.4 is 5.32 Å². The van der Waals surface area contributed by atoms with Gasteiger partial charge in [-0.1, -0.05) is 0 Å². The summed E-state index contributed by atoms with van der Waals surface area (Å²) < 4.78 is 0. The third-order valence-electron chi connectivity index (χ3n) is 2.80. The number of carbonyl (C=O) groups excluding carboxylic acids is 1. The maximum absolute atomic E-state index is 11.6. The molecule has 82 valence electrons. The Kier molecular flexibility index (Phi) is 3.01. The zero-order valence-corrected chi connectivity index (χ0v) is 8.86. The number of aromatic nitrogens is 2. The summed E-state index contributed by atoms with van der Waals surface area (Å²) in [6.07, 6.45) is 4.31. The van der Waals surface area contributed by atoms with Gasteiger partial charge in [0.2, 0.25) is 0 Å². The molecule has 15 heavy (non-hydrogen) atoms. The third-order valence-corrected chi connectivity index (χ3v) is 2.80. The molecule has 5 nitrogen and oxygen atoms in total. The van der Waals surface area contributed by atoms with Gasteiger partial charge >= 0.3 is 0 Å². The summed E-state index contributed by atoms with van der Waals surface area (Å²) in [5.74, 6) is 0.546. The monoisotopic (exact) mass is 208 g/mol. The van der Waals surface area contributed by atoms with Crippen molar-refractivity contribution < 1.29 is 4.79 Å². The summed E-state index contributed by atoms with van der Waals surface area (Å²) in [7, 11) is 2.11. The molecule has 0 aromatic carbocycles. The van der Waals surface area contributed by atoms with Gasteiger partial charge < -0.3 is 10.2 Å². The third kappa shape index (κ3) is 2.56. The number of amides is 1. The zero-order valence-electron chi connectivity index (χ0n) is 8.86. The van der Waals surface area contributed by atoms with Crippen molar-refractivity contribution in [2.24, 2.45) is 5.92 Å². The Bertz CT molecular complexity index is 322. The molecule has 5 heteroatoms. The summed E-state index contributed by atoms with van der Waals surface area (Å²) >= 11 is 0. The Morgan fingerprint density at radius 1 is 1.80 bits per heavy atom. The number of hydrogen-bond acceptors (Lipinski definition) is 3. The van der Waals surface area contributed by atoms with E-state index in [9.17, 15) is 4.79 Å². The van der Waals surface area contributed by atoms with Crippen molar-refractivity contribution in [2.75, 3.05) is 26.7 Å². The highest BCUT2D eigenvalue weighted by Crippen LogP contribution is 2.12. The van der Waals surface area contributed by atoms with Crippen molar-refractivity contribution >= 4 is 5.91 Å². The molecule has 1 saturated heterocycles. The number of hydrogen-bond donors (Lipinski definition) is 2. The van der Waals surface area contributed by atoms with Crippen LogP contribution in [0.4, 0.5) is 0 Å². The van der Waals surface area contributed by atoms with Gasteiger partial charge in [-0.2, -0.15) is 5.10 Å². The Morgan fingerprint density at radius 2 is 2.67 bits per heavy atom. The predicted octanol–water partition coefficient (Wildman–Crippen LogP) is 0.0912. The van der Waals surface area contributed by atoms with Crippen LogP contribution in [0.1, 0.15) is 16.8 Å². The first-order valence-electron chi connectivity index (χ1n) is 5.21. The molecule has 1 aliphatic heterocycles. The van der Waals surface area contributed by atoms with Crippen LogP contribution in [-0.2, 0) is 0 Å². The molecule has 1 aliphatic rings. The second-order valence-electron chi connectivity index (χ2n) is 4.11. The molecule has 0 bridgehead atoms. The van der Waals surface area contributed by atoms with Crippen molar-refractivity contribution in [3.05, 3.63) is 18.0 Å². The molecule has 1 amide bonds. The number of rotatable bonds is 3. The molecular weight excluding hydrogens is 192 g/mol. The largest absolute Gasteiger partial charge is 0.352 e. The summed E-state index contributed by atoms with van der Waals surface area (Å²) in [5, 5.41) is 9.29. The van der Waals surface area contributed by atoms with Crippen LogP contribution in [0.5, 0.6) is 0 Å². The topological polar surface area (TPSA) is 61.0 Å². The van der Waals surface area contributed by atoms with Crippen LogP contribution in [0.15, 0.2) is 12.4 Å². The van der Waals surface area contributed by atoms with E-state index in [1.54, 1.807) is 6.20 Å². The first-order valence-corrected chi connectivity index (χ1v) is 5.21. The van der Waals surface area contributed by atoms with Gasteiger partial charge in [0, 0.05) is 19.3 Å². The molecule has 1 aromatic rings. The van der Waals surface area contributed by atoms with E-state index in [2.05, 4.69) is 27.5 Å². The molecule has 2 heterocycles. The highest BCUT2D eigenvalue weighted by molar-refractivity contribution is 5.93. The van der Waals surface area contributed by atoms with Gasteiger partial charge in [0.1, 0.15) is 0 Å². The SMILES string of the molecule is CN1CCC(CNC(=O)c2cn[nH]c2)C1. The average Bonchev–Trinajstić information content (AvgIpc) is 2.84. The summed E-state index contributed by atoms with van der Waals surface area (Å²) in [5.41, 5.74) is 0.598. The molecule has 0 aliphatic carbocycles. The van der Waals surface area contributed by atoms with E-state index in [1.165, 1.54) is 12.6 Å². The van der Waals surface area contributed by atoms with Gasteiger partial charge in [-0.05, 0) is 25.9 Å². The van der Waals surface area contributed by atoms with Crippen LogP contribution in [-0.4, -0.2) is 47.7 Å². The quantitative estimate of drug-likeness (QED) is 0.740. The van der Waals surface area contributed by atoms with Crippen molar-refractivity contribution in [3.8, 4) is 0 Å². The maximum Gasteiger partial charge on any atom is 0.254 e. The van der Waals surface area contributed by atoms with Crippen LogP contribution in [0.2, 0.25) is 0 Å². The van der Waals surface area contributed by atoms with Gasteiger partial charge in [-0.25, -0.2) is 0 Å². The first kappa shape index (κ1) is 10.2. The van der Waals surface area contributed by atoms with Gasteiger partial charge in [-0.3, -0.25) is 9.89 Å². The van der Waals surface area contributed by atoms with Crippen molar-refractivity contribution in [2.45, 2.75) is 6.42 Å². The Morgan fingerprint density at radius 3 is 3.27 bits per heavy atom. The summed E-state index contributed by atoms with van der Waals surface area (Å²) in [6, 6.07) is 0. The van der Waals surface area contributed by atoms with Crippen molar-refractivity contribution in [1.82, 2.24) is 20.4 Å². The fourth-order valence-electron chi connectivity index (χ4n) is 1.91. The second kappa shape index (κ2) is 4.44. The number of likely N-dealkylation sites (tertiary alicyclic amines) is 1. The molecule has 1 unspecified atom stereocenters. The molecule has 0 radical (unpaired) electrons. The summed E-state index contributed by atoms with van der Waals surface area (Å²) in [6.45, 7) is 2.96. The normalized spacial score (nSPS) is 21.8. The Balaban J connectivity index is 1.76. The molecule has 0 saturated carbocycles. The fraction of sp³-hybridized carbons (Fsp3) is 0.600. The highest BCUT2D eigenvalue weighted by atomic mass is 16.1. The van der Waals surface area contributed by atoms with E-state index in [1.807, 2.05) is 0 Å². The van der Waals surface area contributed by atoms with Crippen LogP contribution in [0, 0.1) is 5.92 Å². The lowest BCUT2D eigenvalue weighted by atomic mass is 10.1. The van der Waals surface area contributed by atoms with Crippen LogP contribution >= 0.6 is 0 Å². The van der Waals surface area contributed by atoms with E-state index in [-0.39, 0.29) is 5.91 Å². The molecule has 1 fully saturated rings. The van der Waals surface area contributed by atoms with Crippen LogP contribution in [0.3, 0.4) is 0 Å². The van der Waals surface area contributed by atoms with E-state index in [4.69, 9.17) is 0 Å². The fourth-order valence-corrected chi connectivity index (χ4v) is 1.91. The predicted molar refractivity (Wildman–Crippen MR) is 56.5 cm³/mol.